The van der Waals surface area contributed by atoms with Gasteiger partial charge in [-0.2, -0.15) is 0 Å². The molecular formula is C17H23N3O4. The summed E-state index contributed by atoms with van der Waals surface area (Å²) in [5, 5.41) is 9.17. The monoisotopic (exact) mass is 333 g/mol. The minimum Gasteiger partial charge on any atom is -0.493 e. The largest absolute Gasteiger partial charge is 0.493 e. The van der Waals surface area contributed by atoms with Crippen molar-refractivity contribution < 1.29 is 18.8 Å². The topological polar surface area (TPSA) is 85.6 Å². The maximum Gasteiger partial charge on any atom is 0.320 e. The van der Waals surface area contributed by atoms with Crippen molar-refractivity contribution in [2.75, 3.05) is 12.4 Å². The Morgan fingerprint density at radius 3 is 2.54 bits per heavy atom. The van der Waals surface area contributed by atoms with Gasteiger partial charge < -0.3 is 19.3 Å². The highest BCUT2D eigenvalue weighted by Crippen LogP contribution is 2.31. The van der Waals surface area contributed by atoms with E-state index in [-0.39, 0.29) is 18.2 Å². The molecule has 130 valence electrons. The number of carbonyl (C=O) groups is 1. The quantitative estimate of drug-likeness (QED) is 0.842. The fourth-order valence-corrected chi connectivity index (χ4v) is 2.16. The molecule has 0 saturated carbocycles. The third-order valence-corrected chi connectivity index (χ3v) is 3.27. The number of carbonyl (C=O) groups excluding carboxylic acids is 1. The molecule has 0 saturated heterocycles. The zero-order chi connectivity index (χ0) is 17.7. The van der Waals surface area contributed by atoms with Crippen molar-refractivity contribution in [3.63, 3.8) is 0 Å². The van der Waals surface area contributed by atoms with Crippen molar-refractivity contribution in [2.45, 2.75) is 39.8 Å². The highest BCUT2D eigenvalue weighted by Gasteiger charge is 2.14. The number of aromatic nitrogens is 1. The van der Waals surface area contributed by atoms with E-state index in [1.165, 1.54) is 0 Å². The lowest BCUT2D eigenvalue weighted by molar-refractivity contribution is 0.230. The lowest BCUT2D eigenvalue weighted by atomic mass is 10.1. The minimum absolute atomic E-state index is 0.0528. The summed E-state index contributed by atoms with van der Waals surface area (Å²) in [5.41, 5.74) is 0.898. The molecule has 1 aromatic heterocycles. The van der Waals surface area contributed by atoms with E-state index in [0.29, 0.717) is 23.1 Å². The molecule has 0 radical (unpaired) electrons. The summed E-state index contributed by atoms with van der Waals surface area (Å²) < 4.78 is 16.0. The Labute approximate surface area is 141 Å². The van der Waals surface area contributed by atoms with E-state index in [2.05, 4.69) is 15.8 Å². The molecule has 7 nitrogen and oxygen atoms in total. The van der Waals surface area contributed by atoms with E-state index in [1.807, 2.05) is 39.0 Å². The Hall–Kier alpha value is -2.70. The average Bonchev–Trinajstić information content (AvgIpc) is 2.91. The first-order valence-electron chi connectivity index (χ1n) is 7.74. The van der Waals surface area contributed by atoms with Gasteiger partial charge in [0.1, 0.15) is 5.76 Å². The lowest BCUT2D eigenvalue weighted by Crippen LogP contribution is -2.31. The number of urea groups is 1. The number of anilines is 1. The van der Waals surface area contributed by atoms with Gasteiger partial charge in [0.25, 0.3) is 0 Å². The van der Waals surface area contributed by atoms with Crippen LogP contribution in [0.15, 0.2) is 28.8 Å². The van der Waals surface area contributed by atoms with Gasteiger partial charge in [0.05, 0.1) is 19.3 Å². The van der Waals surface area contributed by atoms with Crippen LogP contribution in [0.2, 0.25) is 0 Å². The number of benzene rings is 1. The highest BCUT2D eigenvalue weighted by molar-refractivity contribution is 5.88. The summed E-state index contributed by atoms with van der Waals surface area (Å²) in [7, 11) is 1.59. The second-order valence-electron chi connectivity index (χ2n) is 5.72. The molecule has 0 bridgehead atoms. The third kappa shape index (κ3) is 4.65. The Kier molecular flexibility index (Phi) is 5.68. The molecule has 1 aromatic carbocycles. The van der Waals surface area contributed by atoms with E-state index >= 15 is 0 Å². The summed E-state index contributed by atoms with van der Waals surface area (Å²) in [6.45, 7) is 7.54. The number of nitrogens with one attached hydrogen (secondary N) is 2. The van der Waals surface area contributed by atoms with Gasteiger partial charge in [0.15, 0.2) is 17.3 Å². The number of ether oxygens (including phenoxy) is 2. The predicted molar refractivity (Wildman–Crippen MR) is 90.6 cm³/mol. The molecule has 2 aromatic rings. The molecule has 0 aliphatic rings. The van der Waals surface area contributed by atoms with Crippen LogP contribution in [0, 0.1) is 6.92 Å². The van der Waals surface area contributed by atoms with Crippen LogP contribution in [0.1, 0.15) is 38.1 Å². The second kappa shape index (κ2) is 7.72. The number of amides is 2. The van der Waals surface area contributed by atoms with Crippen molar-refractivity contribution in [3.05, 3.63) is 35.6 Å². The van der Waals surface area contributed by atoms with Gasteiger partial charge in [-0.15, -0.1) is 0 Å². The van der Waals surface area contributed by atoms with Gasteiger partial charge in [0.2, 0.25) is 0 Å². The van der Waals surface area contributed by atoms with Gasteiger partial charge in [-0.3, -0.25) is 5.32 Å². The summed E-state index contributed by atoms with van der Waals surface area (Å²) in [6.07, 6.45) is 0.0528. The van der Waals surface area contributed by atoms with Crippen LogP contribution in [-0.2, 0) is 0 Å². The molecule has 1 heterocycles. The molecule has 1 atom stereocenters. The van der Waals surface area contributed by atoms with Gasteiger partial charge in [-0.05, 0) is 45.4 Å². The normalized spacial score (nSPS) is 11.9. The van der Waals surface area contributed by atoms with Crippen molar-refractivity contribution in [1.82, 2.24) is 10.5 Å². The molecule has 0 fully saturated rings. The number of methoxy groups -OCH3 is 1. The maximum absolute atomic E-state index is 12.0. The van der Waals surface area contributed by atoms with Crippen LogP contribution >= 0.6 is 0 Å². The van der Waals surface area contributed by atoms with Crippen LogP contribution < -0.4 is 20.1 Å². The van der Waals surface area contributed by atoms with E-state index in [1.54, 1.807) is 20.1 Å². The molecule has 0 spiro atoms. The van der Waals surface area contributed by atoms with Crippen LogP contribution in [0.25, 0.3) is 0 Å². The first kappa shape index (κ1) is 17.7. The fraction of sp³-hybridized carbons (Fsp3) is 0.412. The zero-order valence-corrected chi connectivity index (χ0v) is 14.5. The summed E-state index contributed by atoms with van der Waals surface area (Å²) in [5.74, 6) is 2.30. The Morgan fingerprint density at radius 2 is 1.96 bits per heavy atom. The molecule has 0 aliphatic heterocycles. The lowest BCUT2D eigenvalue weighted by Gasteiger charge is -2.18. The van der Waals surface area contributed by atoms with Gasteiger partial charge >= 0.3 is 6.03 Å². The first-order valence-corrected chi connectivity index (χ1v) is 7.74. The van der Waals surface area contributed by atoms with Crippen LogP contribution in [0.4, 0.5) is 10.6 Å². The highest BCUT2D eigenvalue weighted by atomic mass is 16.5. The number of hydrogen-bond donors (Lipinski definition) is 2. The van der Waals surface area contributed by atoms with E-state index in [0.717, 1.165) is 5.56 Å². The number of hydrogen-bond acceptors (Lipinski definition) is 5. The van der Waals surface area contributed by atoms with Gasteiger partial charge in [-0.25, -0.2) is 4.79 Å². The van der Waals surface area contributed by atoms with Gasteiger partial charge in [0, 0.05) is 6.07 Å². The minimum atomic E-state index is -0.364. The number of nitrogens with zero attached hydrogens (tertiary/aromatic N) is 1. The summed E-state index contributed by atoms with van der Waals surface area (Å²) in [6, 6.07) is 6.64. The van der Waals surface area contributed by atoms with Gasteiger partial charge in [-0.1, -0.05) is 11.2 Å². The Morgan fingerprint density at radius 1 is 1.21 bits per heavy atom. The molecular weight excluding hydrogens is 310 g/mol. The Bertz CT molecular complexity index is 697. The third-order valence-electron chi connectivity index (χ3n) is 3.27. The van der Waals surface area contributed by atoms with E-state index in [4.69, 9.17) is 14.0 Å². The first-order chi connectivity index (χ1) is 11.4. The summed E-state index contributed by atoms with van der Waals surface area (Å²) >= 11 is 0. The molecule has 7 heteroatoms. The molecule has 2 N–H and O–H groups in total. The van der Waals surface area contributed by atoms with E-state index < -0.39 is 0 Å². The van der Waals surface area contributed by atoms with Crippen LogP contribution in [0.3, 0.4) is 0 Å². The SMILES string of the molecule is COc1cc(C(C)NC(=O)Nc2cc(C)on2)ccc1OC(C)C. The van der Waals surface area contributed by atoms with Crippen molar-refractivity contribution in [1.29, 1.82) is 0 Å². The average molecular weight is 333 g/mol. The van der Waals surface area contributed by atoms with Crippen molar-refractivity contribution >= 4 is 11.8 Å². The number of aryl methyl sites for hydroxylation is 1. The zero-order valence-electron chi connectivity index (χ0n) is 14.5. The molecule has 1 unspecified atom stereocenters. The Balaban J connectivity index is 2.03. The van der Waals surface area contributed by atoms with Crippen molar-refractivity contribution in [3.8, 4) is 11.5 Å². The number of rotatable bonds is 6. The molecule has 2 amide bonds. The predicted octanol–water partition coefficient (Wildman–Crippen LogP) is 3.66. The standard InChI is InChI=1S/C17H23N3O4/c1-10(2)23-14-7-6-13(9-15(14)22-5)12(4)18-17(21)19-16-8-11(3)24-20-16/h6-10,12H,1-5H3,(H2,18,19,20,21). The molecule has 24 heavy (non-hydrogen) atoms. The molecule has 0 aliphatic carbocycles. The fourth-order valence-electron chi connectivity index (χ4n) is 2.16. The smallest absolute Gasteiger partial charge is 0.320 e. The second-order valence-corrected chi connectivity index (χ2v) is 5.72. The van der Waals surface area contributed by atoms with E-state index in [9.17, 15) is 4.79 Å². The molecule has 2 rings (SSSR count). The van der Waals surface area contributed by atoms with Crippen LogP contribution in [-0.4, -0.2) is 24.4 Å². The summed E-state index contributed by atoms with van der Waals surface area (Å²) in [4.78, 5) is 12.0. The van der Waals surface area contributed by atoms with Crippen LogP contribution in [0.5, 0.6) is 11.5 Å². The maximum atomic E-state index is 12.0. The van der Waals surface area contributed by atoms with Crippen molar-refractivity contribution in [2.24, 2.45) is 0 Å².